The second kappa shape index (κ2) is 11.2. The fourth-order valence-corrected chi connectivity index (χ4v) is 6.00. The topological polar surface area (TPSA) is 55.3 Å². The number of Topliss-reactive ketones (excluding diaryl/α,β-unsaturated/α-hetero) is 1. The smallest absolute Gasteiger partial charge is 0.422 e. The highest BCUT2D eigenvalue weighted by Gasteiger charge is 2.30. The van der Waals surface area contributed by atoms with E-state index < -0.39 is 12.8 Å². The molecular formula is C25H32F3N3O2S. The maximum atomic E-state index is 12.6. The van der Waals surface area contributed by atoms with Crippen molar-refractivity contribution in [3.05, 3.63) is 40.2 Å². The van der Waals surface area contributed by atoms with Crippen molar-refractivity contribution >= 4 is 17.1 Å². The summed E-state index contributed by atoms with van der Waals surface area (Å²) in [6.07, 6.45) is 5.29. The summed E-state index contributed by atoms with van der Waals surface area (Å²) in [5, 5.41) is 0.129. The summed E-state index contributed by atoms with van der Waals surface area (Å²) >= 11 is 1.25. The molecule has 4 rings (SSSR count). The number of pyridine rings is 1. The van der Waals surface area contributed by atoms with Crippen LogP contribution in [-0.4, -0.2) is 53.1 Å². The third kappa shape index (κ3) is 7.01. The predicted octanol–water partition coefficient (Wildman–Crippen LogP) is 5.66. The Morgan fingerprint density at radius 2 is 1.91 bits per heavy atom. The predicted molar refractivity (Wildman–Crippen MR) is 125 cm³/mol. The van der Waals surface area contributed by atoms with Crippen LogP contribution in [0.5, 0.6) is 5.19 Å². The molecule has 0 unspecified atom stereocenters. The lowest BCUT2D eigenvalue weighted by atomic mass is 9.78. The minimum atomic E-state index is -4.34. The molecule has 0 atom stereocenters. The van der Waals surface area contributed by atoms with Gasteiger partial charge >= 0.3 is 6.18 Å². The lowest BCUT2D eigenvalue weighted by Crippen LogP contribution is -2.30. The molecule has 0 radical (unpaired) electrons. The maximum Gasteiger partial charge on any atom is 0.422 e. The Hall–Kier alpha value is -2.00. The zero-order valence-electron chi connectivity index (χ0n) is 19.6. The van der Waals surface area contributed by atoms with Gasteiger partial charge in [0.15, 0.2) is 12.4 Å². The third-order valence-corrected chi connectivity index (χ3v) is 8.11. The minimum Gasteiger partial charge on any atom is -0.460 e. The van der Waals surface area contributed by atoms with Crippen molar-refractivity contribution < 1.29 is 22.7 Å². The van der Waals surface area contributed by atoms with Crippen LogP contribution in [0.25, 0.3) is 0 Å². The van der Waals surface area contributed by atoms with E-state index in [0.29, 0.717) is 18.3 Å². The van der Waals surface area contributed by atoms with Crippen molar-refractivity contribution in [3.8, 4) is 5.19 Å². The number of alkyl halides is 3. The Bertz CT molecular complexity index is 945. The van der Waals surface area contributed by atoms with Crippen LogP contribution in [0.3, 0.4) is 0 Å². The molecule has 2 aromatic rings. The number of thiazole rings is 1. The van der Waals surface area contributed by atoms with Crippen LogP contribution < -0.4 is 4.74 Å². The highest BCUT2D eigenvalue weighted by molar-refractivity contribution is 7.13. The number of ether oxygens (including phenoxy) is 1. The summed E-state index contributed by atoms with van der Waals surface area (Å²) in [5.74, 6) is 1.38. The monoisotopic (exact) mass is 495 g/mol. The highest BCUT2D eigenvalue weighted by atomic mass is 32.1. The first kappa shape index (κ1) is 25.1. The first-order valence-electron chi connectivity index (χ1n) is 12.1. The van der Waals surface area contributed by atoms with Crippen molar-refractivity contribution in [2.45, 2.75) is 64.5 Å². The van der Waals surface area contributed by atoms with Gasteiger partial charge in [0, 0.05) is 48.3 Å². The van der Waals surface area contributed by atoms with Gasteiger partial charge in [-0.3, -0.25) is 9.78 Å². The summed E-state index contributed by atoms with van der Waals surface area (Å²) in [6.45, 7) is 3.43. The summed E-state index contributed by atoms with van der Waals surface area (Å²) in [5.41, 5.74) is 2.46. The Morgan fingerprint density at radius 3 is 2.65 bits per heavy atom. The molecule has 2 aromatic heterocycles. The molecule has 1 saturated carbocycles. The average Bonchev–Trinajstić information content (AvgIpc) is 3.10. The Balaban J connectivity index is 1.16. The van der Waals surface area contributed by atoms with Gasteiger partial charge in [-0.05, 0) is 63.1 Å². The Morgan fingerprint density at radius 1 is 1.18 bits per heavy atom. The van der Waals surface area contributed by atoms with Crippen LogP contribution in [0.2, 0.25) is 0 Å². The van der Waals surface area contributed by atoms with Crippen LogP contribution in [0.4, 0.5) is 13.2 Å². The van der Waals surface area contributed by atoms with Crippen LogP contribution in [0, 0.1) is 18.8 Å². The molecule has 34 heavy (non-hydrogen) atoms. The molecule has 1 aliphatic carbocycles. The van der Waals surface area contributed by atoms with E-state index in [-0.39, 0.29) is 11.0 Å². The molecule has 9 heteroatoms. The second-order valence-electron chi connectivity index (χ2n) is 9.53. The summed E-state index contributed by atoms with van der Waals surface area (Å²) in [6, 6.07) is 3.71. The molecule has 186 valence electrons. The number of hydrogen-bond donors (Lipinski definition) is 0. The first-order valence-corrected chi connectivity index (χ1v) is 12.9. The summed E-state index contributed by atoms with van der Waals surface area (Å²) < 4.78 is 41.9. The number of aryl methyl sites for hydroxylation is 1. The molecule has 0 saturated heterocycles. The number of aromatic nitrogens is 2. The first-order chi connectivity index (χ1) is 16.3. The number of ketones is 1. The second-order valence-corrected chi connectivity index (χ2v) is 10.6. The lowest BCUT2D eigenvalue weighted by Gasteiger charge is -2.30. The third-order valence-electron chi connectivity index (χ3n) is 7.04. The van der Waals surface area contributed by atoms with Crippen molar-refractivity contribution in [3.63, 3.8) is 0 Å². The summed E-state index contributed by atoms with van der Waals surface area (Å²) in [7, 11) is 0. The number of hydrogen-bond acceptors (Lipinski definition) is 6. The van der Waals surface area contributed by atoms with E-state index in [0.717, 1.165) is 73.6 Å². The van der Waals surface area contributed by atoms with Gasteiger partial charge in [-0.15, -0.1) is 0 Å². The molecule has 0 N–H and O–H groups in total. The number of halogens is 3. The number of rotatable bonds is 8. The van der Waals surface area contributed by atoms with E-state index in [1.165, 1.54) is 24.2 Å². The van der Waals surface area contributed by atoms with E-state index in [9.17, 15) is 18.0 Å². The Kier molecular flexibility index (Phi) is 8.24. The van der Waals surface area contributed by atoms with Crippen LogP contribution in [-0.2, 0) is 12.8 Å². The van der Waals surface area contributed by atoms with Crippen molar-refractivity contribution in [2.75, 3.05) is 26.2 Å². The Labute approximate surface area is 202 Å². The van der Waals surface area contributed by atoms with E-state index in [1.54, 1.807) is 6.20 Å². The van der Waals surface area contributed by atoms with Crippen molar-refractivity contribution in [2.24, 2.45) is 11.8 Å². The summed E-state index contributed by atoms with van der Waals surface area (Å²) in [4.78, 5) is 24.7. The zero-order chi connectivity index (χ0) is 24.1. The number of fused-ring (bicyclic) bond motifs is 1. The average molecular weight is 496 g/mol. The number of carbonyl (C=O) groups is 1. The molecule has 3 heterocycles. The largest absolute Gasteiger partial charge is 0.460 e. The van der Waals surface area contributed by atoms with Gasteiger partial charge in [0.1, 0.15) is 0 Å². The van der Waals surface area contributed by atoms with Crippen LogP contribution in [0.15, 0.2) is 18.3 Å². The molecule has 0 aromatic carbocycles. The van der Waals surface area contributed by atoms with Crippen LogP contribution in [0.1, 0.15) is 65.1 Å². The molecule has 1 aliphatic heterocycles. The minimum absolute atomic E-state index is 0.129. The molecule has 5 nitrogen and oxygen atoms in total. The fourth-order valence-electron chi connectivity index (χ4n) is 5.06. The fraction of sp³-hybridized carbons (Fsp3) is 0.640. The standard InChI is InChI=1S/C25H32F3N3O2S/c1-17-20(3-2-11-29-17)22(32)15-19-6-4-18(5-7-19)8-12-31-13-9-21-23(10-14-31)34-24(30-21)33-16-25(26,27)28/h2-3,11,18-19H,4-10,12-16H2,1H3. The van der Waals surface area contributed by atoms with Gasteiger partial charge < -0.3 is 9.64 Å². The molecular weight excluding hydrogens is 463 g/mol. The number of carbonyl (C=O) groups excluding carboxylic acids is 1. The molecule has 0 amide bonds. The van der Waals surface area contributed by atoms with Crippen molar-refractivity contribution in [1.82, 2.24) is 14.9 Å². The van der Waals surface area contributed by atoms with E-state index in [4.69, 9.17) is 4.74 Å². The molecule has 0 spiro atoms. The van der Waals surface area contributed by atoms with E-state index in [1.807, 2.05) is 19.1 Å². The van der Waals surface area contributed by atoms with Gasteiger partial charge in [-0.25, -0.2) is 4.98 Å². The van der Waals surface area contributed by atoms with Crippen molar-refractivity contribution in [1.29, 1.82) is 0 Å². The van der Waals surface area contributed by atoms with Gasteiger partial charge in [0.25, 0.3) is 5.19 Å². The molecule has 0 bridgehead atoms. The SMILES string of the molecule is Cc1ncccc1C(=O)CC1CCC(CCN2CCc3nc(OCC(F)(F)F)sc3CC2)CC1. The molecule has 2 aliphatic rings. The maximum absolute atomic E-state index is 12.6. The molecule has 1 fully saturated rings. The van der Waals surface area contributed by atoms with Gasteiger partial charge in [-0.1, -0.05) is 24.2 Å². The van der Waals surface area contributed by atoms with Gasteiger partial charge in [0.2, 0.25) is 0 Å². The van der Waals surface area contributed by atoms with Gasteiger partial charge in [0.05, 0.1) is 5.69 Å². The lowest BCUT2D eigenvalue weighted by molar-refractivity contribution is -0.153. The van der Waals surface area contributed by atoms with E-state index >= 15 is 0 Å². The van der Waals surface area contributed by atoms with Gasteiger partial charge in [-0.2, -0.15) is 13.2 Å². The highest BCUT2D eigenvalue weighted by Crippen LogP contribution is 2.34. The van der Waals surface area contributed by atoms with E-state index in [2.05, 4.69) is 14.9 Å². The number of nitrogens with zero attached hydrogens (tertiary/aromatic N) is 3. The van der Waals surface area contributed by atoms with Crippen LogP contribution >= 0.6 is 11.3 Å². The normalized spacial score (nSPS) is 21.6. The zero-order valence-corrected chi connectivity index (χ0v) is 20.4. The quantitative estimate of drug-likeness (QED) is 0.443.